The van der Waals surface area contributed by atoms with Gasteiger partial charge in [0.2, 0.25) is 11.8 Å². The number of rotatable bonds is 2. The molecule has 0 aromatic heterocycles. The molecule has 20 heavy (non-hydrogen) atoms. The van der Waals surface area contributed by atoms with E-state index in [0.29, 0.717) is 6.54 Å². The van der Waals surface area contributed by atoms with Gasteiger partial charge in [-0.2, -0.15) is 0 Å². The maximum absolute atomic E-state index is 12.8. The van der Waals surface area contributed by atoms with E-state index >= 15 is 0 Å². The molecule has 1 heterocycles. The minimum absolute atomic E-state index is 0.0314. The number of allylic oxidation sites excluding steroid dienone is 1. The smallest absolute Gasteiger partial charge is 0.248 e. The summed E-state index contributed by atoms with van der Waals surface area (Å²) in [5.41, 5.74) is -0.237. The van der Waals surface area contributed by atoms with E-state index in [1.807, 2.05) is 24.8 Å². The lowest BCUT2D eigenvalue weighted by molar-refractivity contribution is -0.163. The van der Waals surface area contributed by atoms with Gasteiger partial charge in [-0.05, 0) is 40.5 Å². The van der Waals surface area contributed by atoms with E-state index in [9.17, 15) is 9.59 Å². The summed E-state index contributed by atoms with van der Waals surface area (Å²) in [6.07, 6.45) is 6.82. The molecule has 0 radical (unpaired) electrons. The third-order valence-corrected chi connectivity index (χ3v) is 4.51. The van der Waals surface area contributed by atoms with Gasteiger partial charge in [-0.25, -0.2) is 0 Å². The van der Waals surface area contributed by atoms with Crippen molar-refractivity contribution < 1.29 is 9.59 Å². The van der Waals surface area contributed by atoms with E-state index in [0.717, 1.165) is 32.1 Å². The Hall–Kier alpha value is -1.32. The third-order valence-electron chi connectivity index (χ3n) is 4.51. The summed E-state index contributed by atoms with van der Waals surface area (Å²) in [4.78, 5) is 27.3. The number of hydrogen-bond acceptors (Lipinski definition) is 2. The molecule has 1 saturated carbocycles. The van der Waals surface area contributed by atoms with Gasteiger partial charge in [0.1, 0.15) is 11.1 Å². The predicted octanol–water partition coefficient (Wildman–Crippen LogP) is 2.39. The second kappa shape index (κ2) is 5.23. The standard InChI is InChI=1S/C16H26N2O2/c1-12(2)8-11-18-14(20)15(3,4)17-13(19)16(18)9-6-5-7-10-16/h8H,5-7,9-11H2,1-4H3,(H,17,19). The first-order chi connectivity index (χ1) is 9.29. The molecule has 0 unspecified atom stereocenters. The first-order valence-electron chi connectivity index (χ1n) is 7.58. The molecule has 2 fully saturated rings. The molecule has 0 atom stereocenters. The quantitative estimate of drug-likeness (QED) is 0.789. The fraction of sp³-hybridized carbons (Fsp3) is 0.750. The minimum Gasteiger partial charge on any atom is -0.340 e. The summed E-state index contributed by atoms with van der Waals surface area (Å²) in [5.74, 6) is 0.0699. The van der Waals surface area contributed by atoms with E-state index in [1.165, 1.54) is 5.57 Å². The van der Waals surface area contributed by atoms with Crippen LogP contribution in [0.4, 0.5) is 0 Å². The van der Waals surface area contributed by atoms with Crippen molar-refractivity contribution in [2.24, 2.45) is 0 Å². The van der Waals surface area contributed by atoms with E-state index < -0.39 is 11.1 Å². The Bertz CT molecular complexity index is 441. The first-order valence-corrected chi connectivity index (χ1v) is 7.58. The Kier molecular flexibility index (Phi) is 3.94. The van der Waals surface area contributed by atoms with Crippen LogP contribution in [0.1, 0.15) is 59.8 Å². The fourth-order valence-electron chi connectivity index (χ4n) is 3.27. The number of carbonyl (C=O) groups is 2. The molecule has 0 aromatic carbocycles. The van der Waals surface area contributed by atoms with Crippen LogP contribution in [0.3, 0.4) is 0 Å². The maximum atomic E-state index is 12.8. The molecule has 1 N–H and O–H groups in total. The highest BCUT2D eigenvalue weighted by Gasteiger charge is 2.54. The number of hydrogen-bond donors (Lipinski definition) is 1. The molecule has 0 aromatic rings. The second-order valence-corrected chi connectivity index (χ2v) is 6.87. The van der Waals surface area contributed by atoms with Crippen LogP contribution < -0.4 is 5.32 Å². The molecule has 1 aliphatic carbocycles. The molecule has 1 aliphatic heterocycles. The topological polar surface area (TPSA) is 49.4 Å². The highest BCUT2D eigenvalue weighted by Crippen LogP contribution is 2.38. The van der Waals surface area contributed by atoms with Gasteiger partial charge in [0.05, 0.1) is 0 Å². The monoisotopic (exact) mass is 278 g/mol. The van der Waals surface area contributed by atoms with E-state index in [4.69, 9.17) is 0 Å². The van der Waals surface area contributed by atoms with Crippen LogP contribution in [0.5, 0.6) is 0 Å². The molecule has 1 spiro atoms. The van der Waals surface area contributed by atoms with Gasteiger partial charge in [0, 0.05) is 6.54 Å². The molecule has 2 rings (SSSR count). The summed E-state index contributed by atoms with van der Waals surface area (Å²) in [7, 11) is 0. The highest BCUT2D eigenvalue weighted by molar-refractivity contribution is 6.02. The van der Waals surface area contributed by atoms with Crippen molar-refractivity contribution in [1.29, 1.82) is 0 Å². The van der Waals surface area contributed by atoms with Crippen LogP contribution in [0.15, 0.2) is 11.6 Å². The SMILES string of the molecule is CC(C)=CCN1C(=O)C(C)(C)NC(=O)C12CCCCC2. The number of nitrogens with zero attached hydrogens (tertiary/aromatic N) is 1. The molecule has 4 nitrogen and oxygen atoms in total. The van der Waals surface area contributed by atoms with E-state index in [-0.39, 0.29) is 11.8 Å². The Morgan fingerprint density at radius 3 is 2.35 bits per heavy atom. The molecule has 4 heteroatoms. The highest BCUT2D eigenvalue weighted by atomic mass is 16.2. The van der Waals surface area contributed by atoms with Crippen LogP contribution in [-0.2, 0) is 9.59 Å². The lowest BCUT2D eigenvalue weighted by Gasteiger charge is -2.52. The number of carbonyl (C=O) groups excluding carboxylic acids is 2. The van der Waals surface area contributed by atoms with Crippen molar-refractivity contribution in [3.8, 4) is 0 Å². The van der Waals surface area contributed by atoms with Crippen molar-refractivity contribution in [2.75, 3.05) is 6.54 Å². The van der Waals surface area contributed by atoms with Crippen molar-refractivity contribution in [3.63, 3.8) is 0 Å². The van der Waals surface area contributed by atoms with Crippen molar-refractivity contribution in [1.82, 2.24) is 10.2 Å². The Labute approximate surface area is 121 Å². The molecule has 0 bridgehead atoms. The molecule has 2 amide bonds. The zero-order valence-corrected chi connectivity index (χ0v) is 13.1. The predicted molar refractivity (Wildman–Crippen MR) is 79.2 cm³/mol. The average Bonchev–Trinajstić information content (AvgIpc) is 2.37. The van der Waals surface area contributed by atoms with Gasteiger partial charge < -0.3 is 10.2 Å². The zero-order valence-electron chi connectivity index (χ0n) is 13.1. The Morgan fingerprint density at radius 2 is 1.80 bits per heavy atom. The first kappa shape index (κ1) is 15.1. The van der Waals surface area contributed by atoms with Crippen LogP contribution in [-0.4, -0.2) is 34.3 Å². The summed E-state index contributed by atoms with van der Waals surface area (Å²) < 4.78 is 0. The van der Waals surface area contributed by atoms with Gasteiger partial charge in [-0.15, -0.1) is 0 Å². The zero-order chi connectivity index (χ0) is 15.0. The van der Waals surface area contributed by atoms with Crippen LogP contribution >= 0.6 is 0 Å². The number of amides is 2. The van der Waals surface area contributed by atoms with Gasteiger partial charge in [-0.3, -0.25) is 9.59 Å². The lowest BCUT2D eigenvalue weighted by Crippen LogP contribution is -2.74. The molecule has 1 saturated heterocycles. The molecular weight excluding hydrogens is 252 g/mol. The summed E-state index contributed by atoms with van der Waals surface area (Å²) in [6.45, 7) is 8.16. The Balaban J connectivity index is 2.37. The summed E-state index contributed by atoms with van der Waals surface area (Å²) in [5, 5.41) is 2.93. The van der Waals surface area contributed by atoms with Crippen molar-refractivity contribution in [3.05, 3.63) is 11.6 Å². The average molecular weight is 278 g/mol. The van der Waals surface area contributed by atoms with Crippen molar-refractivity contribution in [2.45, 2.75) is 70.9 Å². The van der Waals surface area contributed by atoms with Crippen LogP contribution in [0.25, 0.3) is 0 Å². The fourth-order valence-corrected chi connectivity index (χ4v) is 3.27. The minimum atomic E-state index is -0.796. The second-order valence-electron chi connectivity index (χ2n) is 6.87. The van der Waals surface area contributed by atoms with E-state index in [2.05, 4.69) is 5.32 Å². The third kappa shape index (κ3) is 2.48. The normalized spacial score (nSPS) is 24.5. The number of piperazine rings is 1. The van der Waals surface area contributed by atoms with Gasteiger partial charge in [0.25, 0.3) is 0 Å². The number of nitrogens with one attached hydrogen (secondary N) is 1. The molecule has 2 aliphatic rings. The lowest BCUT2D eigenvalue weighted by atomic mass is 9.76. The van der Waals surface area contributed by atoms with E-state index in [1.54, 1.807) is 13.8 Å². The van der Waals surface area contributed by atoms with Gasteiger partial charge in [-0.1, -0.05) is 30.9 Å². The Morgan fingerprint density at radius 1 is 1.20 bits per heavy atom. The van der Waals surface area contributed by atoms with Gasteiger partial charge in [0.15, 0.2) is 0 Å². The van der Waals surface area contributed by atoms with Gasteiger partial charge >= 0.3 is 0 Å². The summed E-state index contributed by atoms with van der Waals surface area (Å²) in [6, 6.07) is 0. The molecule has 112 valence electrons. The van der Waals surface area contributed by atoms with Crippen LogP contribution in [0.2, 0.25) is 0 Å². The molecular formula is C16H26N2O2. The maximum Gasteiger partial charge on any atom is 0.248 e. The summed E-state index contributed by atoms with van der Waals surface area (Å²) >= 11 is 0. The van der Waals surface area contributed by atoms with Crippen molar-refractivity contribution >= 4 is 11.8 Å². The largest absolute Gasteiger partial charge is 0.340 e. The van der Waals surface area contributed by atoms with Crippen LogP contribution in [0, 0.1) is 0 Å².